The number of hydrogen-bond acceptors (Lipinski definition) is 3. The Hall–Kier alpha value is -2.76. The molecular formula is C15H13FN2O3. The average molecular weight is 288 g/mol. The number of aromatic nitrogens is 1. The molecule has 0 aliphatic rings. The molecule has 0 aliphatic heterocycles. The Morgan fingerprint density at radius 3 is 2.71 bits per heavy atom. The Morgan fingerprint density at radius 1 is 1.33 bits per heavy atom. The summed E-state index contributed by atoms with van der Waals surface area (Å²) in [5, 5.41) is 11.6. The van der Waals surface area contributed by atoms with Gasteiger partial charge in [0.25, 0.3) is 5.91 Å². The number of pyridine rings is 1. The Bertz CT molecular complexity index is 701. The standard InChI is InChI=1S/C15H13FN2O3/c1-2-17-14(19)11-6-5-9(8-12(11)16)10-4-3-7-18-13(10)15(20)21/h3-8H,2H2,1H3,(H,17,19)(H,20,21). The summed E-state index contributed by atoms with van der Waals surface area (Å²) in [6.07, 6.45) is 1.35. The predicted octanol–water partition coefficient (Wildman–Crippen LogP) is 2.34. The highest BCUT2D eigenvalue weighted by molar-refractivity contribution is 5.96. The lowest BCUT2D eigenvalue weighted by Gasteiger charge is -2.08. The molecule has 0 saturated carbocycles. The number of benzene rings is 1. The maximum atomic E-state index is 14.0. The first-order valence-corrected chi connectivity index (χ1v) is 6.31. The summed E-state index contributed by atoms with van der Waals surface area (Å²) in [6.45, 7) is 2.13. The molecule has 2 N–H and O–H groups in total. The van der Waals surface area contributed by atoms with E-state index < -0.39 is 17.7 Å². The second-order valence-electron chi connectivity index (χ2n) is 4.26. The largest absolute Gasteiger partial charge is 0.476 e. The Kier molecular flexibility index (Phi) is 4.27. The van der Waals surface area contributed by atoms with E-state index in [0.29, 0.717) is 17.7 Å². The molecule has 0 spiro atoms. The number of hydrogen-bond donors (Lipinski definition) is 2. The van der Waals surface area contributed by atoms with E-state index in [1.165, 1.54) is 24.4 Å². The van der Waals surface area contributed by atoms with Gasteiger partial charge in [-0.3, -0.25) is 4.79 Å². The minimum atomic E-state index is -1.20. The summed E-state index contributed by atoms with van der Waals surface area (Å²) in [6, 6.07) is 7.06. The molecule has 1 aromatic heterocycles. The second kappa shape index (κ2) is 6.13. The van der Waals surface area contributed by atoms with Gasteiger partial charge in [-0.15, -0.1) is 0 Å². The monoisotopic (exact) mass is 288 g/mol. The third kappa shape index (κ3) is 3.05. The zero-order chi connectivity index (χ0) is 15.4. The number of halogens is 1. The minimum absolute atomic E-state index is 0.0821. The van der Waals surface area contributed by atoms with Crippen LogP contribution in [0, 0.1) is 5.82 Å². The first kappa shape index (κ1) is 14.6. The molecule has 0 fully saturated rings. The van der Waals surface area contributed by atoms with Crippen molar-refractivity contribution in [3.63, 3.8) is 0 Å². The molecule has 21 heavy (non-hydrogen) atoms. The van der Waals surface area contributed by atoms with Gasteiger partial charge in [-0.1, -0.05) is 12.1 Å². The molecular weight excluding hydrogens is 275 g/mol. The van der Waals surface area contributed by atoms with Gasteiger partial charge in [0.2, 0.25) is 0 Å². The number of carbonyl (C=O) groups is 2. The van der Waals surface area contributed by atoms with E-state index in [2.05, 4.69) is 10.3 Å². The van der Waals surface area contributed by atoms with Crippen molar-refractivity contribution < 1.29 is 19.1 Å². The van der Waals surface area contributed by atoms with Crippen molar-refractivity contribution in [2.45, 2.75) is 6.92 Å². The van der Waals surface area contributed by atoms with E-state index in [0.717, 1.165) is 6.07 Å². The summed E-state index contributed by atoms with van der Waals surface area (Å²) in [5.74, 6) is -2.41. The highest BCUT2D eigenvalue weighted by Crippen LogP contribution is 2.24. The molecule has 2 rings (SSSR count). The number of aromatic carboxylic acids is 1. The molecule has 0 saturated heterocycles. The van der Waals surface area contributed by atoms with Crippen molar-refractivity contribution in [2.75, 3.05) is 6.54 Å². The number of nitrogens with one attached hydrogen (secondary N) is 1. The summed E-state index contributed by atoms with van der Waals surface area (Å²) in [7, 11) is 0. The van der Waals surface area contributed by atoms with Crippen LogP contribution in [-0.2, 0) is 0 Å². The molecule has 0 radical (unpaired) electrons. The molecule has 1 heterocycles. The minimum Gasteiger partial charge on any atom is -0.476 e. The second-order valence-corrected chi connectivity index (χ2v) is 4.26. The van der Waals surface area contributed by atoms with Crippen LogP contribution in [0.15, 0.2) is 36.5 Å². The molecule has 5 nitrogen and oxygen atoms in total. The van der Waals surface area contributed by atoms with Gasteiger partial charge in [-0.2, -0.15) is 0 Å². The van der Waals surface area contributed by atoms with Crippen molar-refractivity contribution in [1.82, 2.24) is 10.3 Å². The molecule has 6 heteroatoms. The van der Waals surface area contributed by atoms with E-state index in [4.69, 9.17) is 5.11 Å². The van der Waals surface area contributed by atoms with Crippen molar-refractivity contribution in [1.29, 1.82) is 0 Å². The van der Waals surface area contributed by atoms with Crippen LogP contribution in [0.4, 0.5) is 4.39 Å². The predicted molar refractivity (Wildman–Crippen MR) is 74.6 cm³/mol. The molecule has 2 aromatic rings. The van der Waals surface area contributed by atoms with Crippen LogP contribution in [0.2, 0.25) is 0 Å². The highest BCUT2D eigenvalue weighted by Gasteiger charge is 2.16. The summed E-state index contributed by atoms with van der Waals surface area (Å²) >= 11 is 0. The lowest BCUT2D eigenvalue weighted by molar-refractivity contribution is 0.0691. The van der Waals surface area contributed by atoms with E-state index in [-0.39, 0.29) is 11.3 Å². The number of carboxylic acid groups (broad SMARTS) is 1. The fraction of sp³-hybridized carbons (Fsp3) is 0.133. The number of amides is 1. The molecule has 1 aromatic carbocycles. The maximum Gasteiger partial charge on any atom is 0.355 e. The zero-order valence-corrected chi connectivity index (χ0v) is 11.3. The molecule has 0 bridgehead atoms. The summed E-state index contributed by atoms with van der Waals surface area (Å²) in [4.78, 5) is 26.5. The third-order valence-corrected chi connectivity index (χ3v) is 2.87. The van der Waals surface area contributed by atoms with Crippen LogP contribution in [0.5, 0.6) is 0 Å². The fourth-order valence-corrected chi connectivity index (χ4v) is 1.93. The first-order valence-electron chi connectivity index (χ1n) is 6.31. The smallest absolute Gasteiger partial charge is 0.355 e. The van der Waals surface area contributed by atoms with E-state index >= 15 is 0 Å². The van der Waals surface area contributed by atoms with Crippen molar-refractivity contribution >= 4 is 11.9 Å². The lowest BCUT2D eigenvalue weighted by atomic mass is 10.0. The summed E-state index contributed by atoms with van der Waals surface area (Å²) in [5.41, 5.74) is 0.404. The van der Waals surface area contributed by atoms with Gasteiger partial charge < -0.3 is 10.4 Å². The van der Waals surface area contributed by atoms with Gasteiger partial charge >= 0.3 is 5.97 Å². The number of rotatable bonds is 4. The topological polar surface area (TPSA) is 79.3 Å². The van der Waals surface area contributed by atoms with Crippen LogP contribution < -0.4 is 5.32 Å². The summed E-state index contributed by atoms with van der Waals surface area (Å²) < 4.78 is 14.0. The highest BCUT2D eigenvalue weighted by atomic mass is 19.1. The average Bonchev–Trinajstić information content (AvgIpc) is 2.47. The van der Waals surface area contributed by atoms with Crippen molar-refractivity contribution in [3.05, 3.63) is 53.6 Å². The van der Waals surface area contributed by atoms with Gasteiger partial charge in [-0.05, 0) is 30.7 Å². The van der Waals surface area contributed by atoms with Crippen molar-refractivity contribution in [2.24, 2.45) is 0 Å². The van der Waals surface area contributed by atoms with Crippen LogP contribution >= 0.6 is 0 Å². The normalized spacial score (nSPS) is 10.2. The first-order chi connectivity index (χ1) is 10.0. The molecule has 0 aliphatic carbocycles. The Labute approximate surface area is 120 Å². The zero-order valence-electron chi connectivity index (χ0n) is 11.3. The number of nitrogens with zero attached hydrogens (tertiary/aromatic N) is 1. The van der Waals surface area contributed by atoms with E-state index in [9.17, 15) is 14.0 Å². The SMILES string of the molecule is CCNC(=O)c1ccc(-c2cccnc2C(=O)O)cc1F. The lowest BCUT2D eigenvalue weighted by Crippen LogP contribution is -2.23. The Morgan fingerprint density at radius 2 is 2.10 bits per heavy atom. The van der Waals surface area contributed by atoms with Gasteiger partial charge in [0.05, 0.1) is 5.56 Å². The van der Waals surface area contributed by atoms with Gasteiger partial charge in [-0.25, -0.2) is 14.2 Å². The van der Waals surface area contributed by atoms with Crippen LogP contribution in [0.3, 0.4) is 0 Å². The van der Waals surface area contributed by atoms with Gasteiger partial charge in [0.1, 0.15) is 5.82 Å². The molecule has 0 atom stereocenters. The molecule has 108 valence electrons. The Balaban J connectivity index is 2.46. The number of carboxylic acids is 1. The third-order valence-electron chi connectivity index (χ3n) is 2.87. The van der Waals surface area contributed by atoms with Gasteiger partial charge in [0, 0.05) is 18.3 Å². The van der Waals surface area contributed by atoms with Crippen LogP contribution in [0.1, 0.15) is 27.8 Å². The van der Waals surface area contributed by atoms with Gasteiger partial charge in [0.15, 0.2) is 5.69 Å². The number of carbonyl (C=O) groups excluding carboxylic acids is 1. The molecule has 1 amide bonds. The fourth-order valence-electron chi connectivity index (χ4n) is 1.93. The van der Waals surface area contributed by atoms with Crippen LogP contribution in [0.25, 0.3) is 11.1 Å². The molecule has 0 unspecified atom stereocenters. The van der Waals surface area contributed by atoms with Crippen molar-refractivity contribution in [3.8, 4) is 11.1 Å². The maximum absolute atomic E-state index is 14.0. The van der Waals surface area contributed by atoms with E-state index in [1.54, 1.807) is 13.0 Å². The van der Waals surface area contributed by atoms with E-state index in [1.807, 2.05) is 0 Å². The van der Waals surface area contributed by atoms with Crippen LogP contribution in [-0.4, -0.2) is 28.5 Å². The quantitative estimate of drug-likeness (QED) is 0.905.